The van der Waals surface area contributed by atoms with Gasteiger partial charge in [0.05, 0.1) is 5.69 Å². The number of hydrogen-bond acceptors (Lipinski definition) is 4. The van der Waals surface area contributed by atoms with Gasteiger partial charge in [-0.05, 0) is 38.5 Å². The zero-order valence-electron chi connectivity index (χ0n) is 10.4. The highest BCUT2D eigenvalue weighted by Crippen LogP contribution is 2.20. The third-order valence-corrected chi connectivity index (χ3v) is 2.49. The summed E-state index contributed by atoms with van der Waals surface area (Å²) in [7, 11) is 0. The van der Waals surface area contributed by atoms with Crippen LogP contribution in [0.5, 0.6) is 0 Å². The maximum Gasteiger partial charge on any atom is 0.223 e. The van der Waals surface area contributed by atoms with Crippen molar-refractivity contribution in [2.75, 3.05) is 11.9 Å². The highest BCUT2D eigenvalue weighted by atomic mass is 15.1. The molecule has 0 aliphatic carbocycles. The summed E-state index contributed by atoms with van der Waals surface area (Å²) >= 11 is 0. The molecule has 17 heavy (non-hydrogen) atoms. The fourth-order valence-electron chi connectivity index (χ4n) is 1.59. The van der Waals surface area contributed by atoms with Gasteiger partial charge in [0.2, 0.25) is 5.95 Å². The lowest BCUT2D eigenvalue weighted by molar-refractivity contribution is 1.07. The normalized spacial score (nSPS) is 10.3. The fraction of sp³-hybridized carbons (Fsp3) is 0.308. The van der Waals surface area contributed by atoms with Gasteiger partial charge in [-0.3, -0.25) is 4.98 Å². The number of anilines is 1. The van der Waals surface area contributed by atoms with Gasteiger partial charge < -0.3 is 5.32 Å². The Labute approximate surface area is 101 Å². The van der Waals surface area contributed by atoms with Crippen LogP contribution in [0.3, 0.4) is 0 Å². The third kappa shape index (κ3) is 2.58. The van der Waals surface area contributed by atoms with Gasteiger partial charge in [0, 0.05) is 30.2 Å². The largest absolute Gasteiger partial charge is 0.354 e. The number of nitrogens with one attached hydrogen (secondary N) is 1. The van der Waals surface area contributed by atoms with E-state index in [1.54, 1.807) is 0 Å². The number of nitrogens with zero attached hydrogens (tertiary/aromatic N) is 3. The van der Waals surface area contributed by atoms with Crippen LogP contribution >= 0.6 is 0 Å². The number of hydrogen-bond donors (Lipinski definition) is 1. The molecule has 2 aromatic rings. The van der Waals surface area contributed by atoms with Crippen LogP contribution in [0.15, 0.2) is 24.5 Å². The van der Waals surface area contributed by atoms with Crippen LogP contribution in [0.25, 0.3) is 11.3 Å². The molecule has 0 aliphatic rings. The first kappa shape index (κ1) is 11.5. The summed E-state index contributed by atoms with van der Waals surface area (Å²) in [6.07, 6.45) is 3.68. The Balaban J connectivity index is 2.42. The van der Waals surface area contributed by atoms with Gasteiger partial charge in [-0.1, -0.05) is 0 Å². The van der Waals surface area contributed by atoms with Crippen molar-refractivity contribution >= 4 is 5.95 Å². The molecule has 0 saturated carbocycles. The van der Waals surface area contributed by atoms with Gasteiger partial charge in [-0.25, -0.2) is 9.97 Å². The first-order valence-corrected chi connectivity index (χ1v) is 5.71. The van der Waals surface area contributed by atoms with Crippen molar-refractivity contribution in [3.05, 3.63) is 35.8 Å². The lowest BCUT2D eigenvalue weighted by Gasteiger charge is -2.07. The molecule has 0 fully saturated rings. The summed E-state index contributed by atoms with van der Waals surface area (Å²) in [5, 5.41) is 3.11. The molecule has 2 aromatic heterocycles. The predicted molar refractivity (Wildman–Crippen MR) is 68.9 cm³/mol. The van der Waals surface area contributed by atoms with Crippen LogP contribution in [-0.2, 0) is 0 Å². The highest BCUT2D eigenvalue weighted by molar-refractivity contribution is 5.62. The molecular weight excluding hydrogens is 212 g/mol. The van der Waals surface area contributed by atoms with E-state index in [1.165, 1.54) is 0 Å². The lowest BCUT2D eigenvalue weighted by Crippen LogP contribution is -2.03. The topological polar surface area (TPSA) is 50.7 Å². The SMILES string of the molecule is CCNc1ncc(C)c(-c2ccc(C)nc2)n1. The zero-order valence-corrected chi connectivity index (χ0v) is 10.4. The van der Waals surface area contributed by atoms with Crippen molar-refractivity contribution in [2.45, 2.75) is 20.8 Å². The second-order valence-corrected chi connectivity index (χ2v) is 3.94. The third-order valence-electron chi connectivity index (χ3n) is 2.49. The summed E-state index contributed by atoms with van der Waals surface area (Å²) in [5.74, 6) is 0.661. The lowest BCUT2D eigenvalue weighted by atomic mass is 10.1. The monoisotopic (exact) mass is 228 g/mol. The van der Waals surface area contributed by atoms with Gasteiger partial charge in [0.25, 0.3) is 0 Å². The molecule has 0 aromatic carbocycles. The van der Waals surface area contributed by atoms with E-state index in [9.17, 15) is 0 Å². The summed E-state index contributed by atoms with van der Waals surface area (Å²) in [6.45, 7) is 6.82. The van der Waals surface area contributed by atoms with E-state index < -0.39 is 0 Å². The quantitative estimate of drug-likeness (QED) is 0.877. The standard InChI is InChI=1S/C13H16N4/c1-4-14-13-16-7-9(2)12(17-13)11-6-5-10(3)15-8-11/h5-8H,4H2,1-3H3,(H,14,16,17). The van der Waals surface area contributed by atoms with Crippen molar-refractivity contribution in [3.63, 3.8) is 0 Å². The zero-order chi connectivity index (χ0) is 12.3. The van der Waals surface area contributed by atoms with Gasteiger partial charge in [0.1, 0.15) is 0 Å². The Hall–Kier alpha value is -1.97. The second kappa shape index (κ2) is 4.91. The van der Waals surface area contributed by atoms with Crippen molar-refractivity contribution < 1.29 is 0 Å². The second-order valence-electron chi connectivity index (χ2n) is 3.94. The van der Waals surface area contributed by atoms with Crippen molar-refractivity contribution in [1.29, 1.82) is 0 Å². The van der Waals surface area contributed by atoms with Gasteiger partial charge in [0.15, 0.2) is 0 Å². The Morgan fingerprint density at radius 1 is 1.12 bits per heavy atom. The maximum absolute atomic E-state index is 4.50. The fourth-order valence-corrected chi connectivity index (χ4v) is 1.59. The van der Waals surface area contributed by atoms with E-state index in [0.717, 1.165) is 29.1 Å². The molecule has 1 N–H and O–H groups in total. The van der Waals surface area contributed by atoms with Crippen LogP contribution < -0.4 is 5.32 Å². The smallest absolute Gasteiger partial charge is 0.223 e. The predicted octanol–water partition coefficient (Wildman–Crippen LogP) is 2.59. The first-order chi connectivity index (χ1) is 8.20. The van der Waals surface area contributed by atoms with E-state index in [0.29, 0.717) is 5.95 Å². The van der Waals surface area contributed by atoms with E-state index in [2.05, 4.69) is 20.3 Å². The molecule has 0 amide bonds. The molecule has 0 unspecified atom stereocenters. The molecule has 4 nitrogen and oxygen atoms in total. The van der Waals surface area contributed by atoms with Gasteiger partial charge in [-0.15, -0.1) is 0 Å². The molecular formula is C13H16N4. The van der Waals surface area contributed by atoms with Crippen LogP contribution in [0.2, 0.25) is 0 Å². The number of pyridine rings is 1. The Kier molecular flexibility index (Phi) is 3.32. The number of aromatic nitrogens is 3. The Bertz CT molecular complexity index is 505. The minimum absolute atomic E-state index is 0.661. The summed E-state index contributed by atoms with van der Waals surface area (Å²) < 4.78 is 0. The average molecular weight is 228 g/mol. The Morgan fingerprint density at radius 2 is 1.94 bits per heavy atom. The number of aryl methyl sites for hydroxylation is 2. The molecule has 0 bridgehead atoms. The average Bonchev–Trinajstić information content (AvgIpc) is 2.33. The summed E-state index contributed by atoms with van der Waals surface area (Å²) in [5.41, 5.74) is 4.02. The van der Waals surface area contributed by atoms with Gasteiger partial charge in [-0.2, -0.15) is 0 Å². The molecule has 0 saturated heterocycles. The minimum Gasteiger partial charge on any atom is -0.354 e. The first-order valence-electron chi connectivity index (χ1n) is 5.71. The van der Waals surface area contributed by atoms with Crippen molar-refractivity contribution in [1.82, 2.24) is 15.0 Å². The molecule has 2 heterocycles. The number of rotatable bonds is 3. The van der Waals surface area contributed by atoms with Crippen molar-refractivity contribution in [2.24, 2.45) is 0 Å². The van der Waals surface area contributed by atoms with Crippen molar-refractivity contribution in [3.8, 4) is 11.3 Å². The van der Waals surface area contributed by atoms with Crippen LogP contribution in [0.1, 0.15) is 18.2 Å². The van der Waals surface area contributed by atoms with E-state index in [4.69, 9.17) is 0 Å². The minimum atomic E-state index is 0.661. The van der Waals surface area contributed by atoms with E-state index in [-0.39, 0.29) is 0 Å². The highest BCUT2D eigenvalue weighted by Gasteiger charge is 2.06. The molecule has 0 radical (unpaired) electrons. The summed E-state index contributed by atoms with van der Waals surface area (Å²) in [4.78, 5) is 13.0. The van der Waals surface area contributed by atoms with Crippen LogP contribution in [0, 0.1) is 13.8 Å². The van der Waals surface area contributed by atoms with Crippen LogP contribution in [-0.4, -0.2) is 21.5 Å². The molecule has 0 spiro atoms. The molecule has 88 valence electrons. The maximum atomic E-state index is 4.50. The Morgan fingerprint density at radius 3 is 2.59 bits per heavy atom. The molecule has 0 atom stereocenters. The van der Waals surface area contributed by atoms with Gasteiger partial charge >= 0.3 is 0 Å². The summed E-state index contributed by atoms with van der Waals surface area (Å²) in [6, 6.07) is 4.02. The van der Waals surface area contributed by atoms with Crippen LogP contribution in [0.4, 0.5) is 5.95 Å². The van der Waals surface area contributed by atoms with E-state index >= 15 is 0 Å². The molecule has 0 aliphatic heterocycles. The molecule has 4 heteroatoms. The van der Waals surface area contributed by atoms with E-state index in [1.807, 2.05) is 45.3 Å². The molecule has 2 rings (SSSR count).